The molecule has 0 radical (unpaired) electrons. The fourth-order valence-corrected chi connectivity index (χ4v) is 3.88. The van der Waals surface area contributed by atoms with E-state index in [-0.39, 0.29) is 22.4 Å². The first-order valence-corrected chi connectivity index (χ1v) is 11.5. The van der Waals surface area contributed by atoms with Crippen molar-refractivity contribution in [2.45, 2.75) is 31.0 Å². The number of methoxy groups -OCH3 is 1. The van der Waals surface area contributed by atoms with Crippen LogP contribution >= 0.6 is 11.9 Å². The molecule has 3 rings (SSSR count). The van der Waals surface area contributed by atoms with Crippen molar-refractivity contribution in [3.05, 3.63) is 71.3 Å². The number of anilines is 1. The van der Waals surface area contributed by atoms with Gasteiger partial charge in [-0.1, -0.05) is 19.1 Å². The Bertz CT molecular complexity index is 1200. The first-order valence-electron chi connectivity index (χ1n) is 10.7. The largest absolute Gasteiger partial charge is 0.496 e. The smallest absolute Gasteiger partial charge is 0.417 e. The number of aliphatic hydroxyl groups excluding tert-OH is 1. The first-order chi connectivity index (χ1) is 16.7. The monoisotopic (exact) mass is 506 g/mol. The Morgan fingerprint density at radius 1 is 1.09 bits per heavy atom. The maximum absolute atomic E-state index is 13.8. The molecule has 1 amide bonds. The summed E-state index contributed by atoms with van der Waals surface area (Å²) in [5, 5.41) is 18.2. The highest BCUT2D eigenvalue weighted by atomic mass is 32.2. The fraction of sp³-hybridized carbons (Fsp3) is 0.240. The zero-order valence-corrected chi connectivity index (χ0v) is 19.9. The van der Waals surface area contributed by atoms with Crippen molar-refractivity contribution in [2.75, 3.05) is 19.0 Å². The molecule has 4 N–H and O–H groups in total. The minimum Gasteiger partial charge on any atom is -0.496 e. The van der Waals surface area contributed by atoms with Crippen LogP contribution < -0.4 is 19.9 Å². The number of alkyl halides is 3. The summed E-state index contributed by atoms with van der Waals surface area (Å²) in [6.45, 7) is 1.63. The van der Waals surface area contributed by atoms with Gasteiger partial charge in [-0.05, 0) is 77.5 Å². The number of halogens is 3. The molecule has 0 saturated carbocycles. The number of hydrogen-bond donors (Lipinski definition) is 3. The lowest BCUT2D eigenvalue weighted by molar-refractivity contribution is -0.137. The van der Waals surface area contributed by atoms with Gasteiger partial charge in [0, 0.05) is 11.3 Å². The van der Waals surface area contributed by atoms with Crippen molar-refractivity contribution in [2.24, 2.45) is 5.14 Å². The highest BCUT2D eigenvalue weighted by Gasteiger charge is 2.34. The lowest BCUT2D eigenvalue weighted by atomic mass is 9.94. The second-order valence-electron chi connectivity index (χ2n) is 7.52. The Hall–Kier alpha value is -3.21. The molecular formula is C25H25F3N2O4S. The van der Waals surface area contributed by atoms with Crippen molar-refractivity contribution >= 4 is 23.5 Å². The normalized spacial score (nSPS) is 11.3. The molecule has 0 saturated heterocycles. The predicted octanol–water partition coefficient (Wildman–Crippen LogP) is 5.88. The SMILES string of the molecule is CCCOc1ccc(-c2ccc(NC(=O)c3ccc(SN)c(OC)c3)cc2CO)c(C(F)(F)F)c1. The molecule has 0 aliphatic heterocycles. The molecule has 0 heterocycles. The van der Waals surface area contributed by atoms with Crippen molar-refractivity contribution < 1.29 is 32.5 Å². The van der Waals surface area contributed by atoms with Crippen LogP contribution in [0.3, 0.4) is 0 Å². The van der Waals surface area contributed by atoms with E-state index >= 15 is 0 Å². The molecule has 3 aromatic carbocycles. The first kappa shape index (κ1) is 26.4. The number of aliphatic hydroxyl groups is 1. The molecule has 0 aliphatic carbocycles. The maximum atomic E-state index is 13.8. The highest BCUT2D eigenvalue weighted by molar-refractivity contribution is 7.97. The molecule has 0 unspecified atom stereocenters. The van der Waals surface area contributed by atoms with Gasteiger partial charge in [0.05, 0.1) is 30.8 Å². The average Bonchev–Trinajstić information content (AvgIpc) is 2.86. The Kier molecular flexibility index (Phi) is 8.66. The quantitative estimate of drug-likeness (QED) is 0.314. The van der Waals surface area contributed by atoms with Gasteiger partial charge >= 0.3 is 6.18 Å². The average molecular weight is 507 g/mol. The molecule has 0 aliphatic rings. The van der Waals surface area contributed by atoms with Crippen LogP contribution in [0.25, 0.3) is 11.1 Å². The third kappa shape index (κ3) is 6.27. The minimum atomic E-state index is -4.63. The number of carbonyl (C=O) groups excluding carboxylic acids is 1. The molecule has 35 heavy (non-hydrogen) atoms. The molecular weight excluding hydrogens is 481 g/mol. The number of rotatable bonds is 9. The van der Waals surface area contributed by atoms with Gasteiger partial charge in [0.2, 0.25) is 0 Å². The highest BCUT2D eigenvalue weighted by Crippen LogP contribution is 2.41. The van der Waals surface area contributed by atoms with E-state index in [1.165, 1.54) is 43.5 Å². The molecule has 6 nitrogen and oxygen atoms in total. The van der Waals surface area contributed by atoms with Crippen molar-refractivity contribution in [3.8, 4) is 22.6 Å². The van der Waals surface area contributed by atoms with Crippen LogP contribution in [0.5, 0.6) is 11.5 Å². The Balaban J connectivity index is 1.93. The Morgan fingerprint density at radius 2 is 1.83 bits per heavy atom. The second-order valence-corrected chi connectivity index (χ2v) is 8.20. The standard InChI is InChI=1S/C25H25F3N2O4S/c1-3-10-34-18-6-8-20(21(13-18)25(26,27)28)19-7-5-17(11-16(19)14-31)30-24(32)15-4-9-23(35-29)22(12-15)33-2/h4-9,11-13,31H,3,10,14,29H2,1-2H3,(H,30,32). The van der Waals surface area contributed by atoms with E-state index in [0.717, 1.165) is 18.0 Å². The summed E-state index contributed by atoms with van der Waals surface area (Å²) >= 11 is 0.984. The zero-order chi connectivity index (χ0) is 25.6. The maximum Gasteiger partial charge on any atom is 0.417 e. The zero-order valence-electron chi connectivity index (χ0n) is 19.1. The van der Waals surface area contributed by atoms with Gasteiger partial charge in [0.25, 0.3) is 5.91 Å². The van der Waals surface area contributed by atoms with Gasteiger partial charge in [-0.15, -0.1) is 0 Å². The molecule has 10 heteroatoms. The van der Waals surface area contributed by atoms with Crippen LogP contribution in [0.15, 0.2) is 59.5 Å². The topological polar surface area (TPSA) is 93.8 Å². The lowest BCUT2D eigenvalue weighted by Crippen LogP contribution is -2.13. The summed E-state index contributed by atoms with van der Waals surface area (Å²) < 4.78 is 52.1. The van der Waals surface area contributed by atoms with Crippen LogP contribution in [0.2, 0.25) is 0 Å². The van der Waals surface area contributed by atoms with Gasteiger partial charge < -0.3 is 19.9 Å². The molecule has 3 aromatic rings. The van der Waals surface area contributed by atoms with Crippen molar-refractivity contribution in [1.29, 1.82) is 0 Å². The van der Waals surface area contributed by atoms with Gasteiger partial charge in [-0.3, -0.25) is 9.93 Å². The third-order valence-corrected chi connectivity index (χ3v) is 5.74. The van der Waals surface area contributed by atoms with E-state index in [0.29, 0.717) is 34.9 Å². The molecule has 0 fully saturated rings. The lowest BCUT2D eigenvalue weighted by Gasteiger charge is -2.18. The van der Waals surface area contributed by atoms with Crippen LogP contribution in [0, 0.1) is 0 Å². The van der Waals surface area contributed by atoms with Crippen LogP contribution in [-0.4, -0.2) is 24.7 Å². The molecule has 186 valence electrons. The second kappa shape index (κ2) is 11.5. The van der Waals surface area contributed by atoms with Crippen molar-refractivity contribution in [3.63, 3.8) is 0 Å². The number of amides is 1. The van der Waals surface area contributed by atoms with E-state index in [9.17, 15) is 23.1 Å². The Labute approximate surface area is 205 Å². The number of hydrogen-bond acceptors (Lipinski definition) is 6. The van der Waals surface area contributed by atoms with Crippen LogP contribution in [-0.2, 0) is 12.8 Å². The molecule has 0 aromatic heterocycles. The van der Waals surface area contributed by atoms with E-state index in [2.05, 4.69) is 5.32 Å². The summed E-state index contributed by atoms with van der Waals surface area (Å²) in [6, 6.07) is 12.9. The van der Waals surface area contributed by atoms with E-state index in [1.54, 1.807) is 12.1 Å². The molecule has 0 bridgehead atoms. The van der Waals surface area contributed by atoms with Crippen molar-refractivity contribution in [1.82, 2.24) is 0 Å². The number of carbonyl (C=O) groups is 1. The molecule has 0 spiro atoms. The number of ether oxygens (including phenoxy) is 2. The number of nitrogens with two attached hydrogens (primary N) is 1. The van der Waals surface area contributed by atoms with Crippen LogP contribution in [0.4, 0.5) is 18.9 Å². The van der Waals surface area contributed by atoms with E-state index in [1.807, 2.05) is 6.92 Å². The summed E-state index contributed by atoms with van der Waals surface area (Å²) in [5.41, 5.74) is 0.0751. The van der Waals surface area contributed by atoms with Gasteiger partial charge in [-0.2, -0.15) is 13.2 Å². The summed E-state index contributed by atoms with van der Waals surface area (Å²) in [7, 11) is 1.46. The minimum absolute atomic E-state index is 0.0946. The number of nitrogens with one attached hydrogen (secondary N) is 1. The predicted molar refractivity (Wildman–Crippen MR) is 130 cm³/mol. The number of benzene rings is 3. The van der Waals surface area contributed by atoms with E-state index < -0.39 is 24.3 Å². The summed E-state index contributed by atoms with van der Waals surface area (Å²) in [6.07, 6.45) is -3.97. The van der Waals surface area contributed by atoms with E-state index in [4.69, 9.17) is 14.6 Å². The van der Waals surface area contributed by atoms with Gasteiger partial charge in [0.15, 0.2) is 0 Å². The summed E-state index contributed by atoms with van der Waals surface area (Å²) in [5.74, 6) is 0.0938. The van der Waals surface area contributed by atoms with Crippen LogP contribution in [0.1, 0.15) is 34.8 Å². The third-order valence-electron chi connectivity index (χ3n) is 5.15. The van der Waals surface area contributed by atoms with Gasteiger partial charge in [-0.25, -0.2) is 0 Å². The van der Waals surface area contributed by atoms with Gasteiger partial charge in [0.1, 0.15) is 11.5 Å². The molecule has 0 atom stereocenters. The summed E-state index contributed by atoms with van der Waals surface area (Å²) in [4.78, 5) is 13.4. The Morgan fingerprint density at radius 3 is 2.46 bits per heavy atom. The fourth-order valence-electron chi connectivity index (χ4n) is 3.48.